The summed E-state index contributed by atoms with van der Waals surface area (Å²) in [5.74, 6) is -0.879. The highest BCUT2D eigenvalue weighted by Gasteiger charge is 2.46. The zero-order chi connectivity index (χ0) is 25.0. The molecule has 0 radical (unpaired) electrons. The van der Waals surface area contributed by atoms with Crippen molar-refractivity contribution in [3.05, 3.63) is 65.7 Å². The van der Waals surface area contributed by atoms with E-state index in [1.165, 1.54) is 36.7 Å². The lowest BCUT2D eigenvalue weighted by Gasteiger charge is -2.47. The SMILES string of the molecule is CC(C)(C)[Si](C)(C)O[Si](C)(C)C(C)(C)C.O=C(c1ccc(F)cc1)C(O)c1ccncc1. The molecule has 2 rings (SSSR count). The number of ketones is 1. The Morgan fingerprint density at radius 2 is 1.28 bits per heavy atom. The molecular weight excluding hydrogens is 437 g/mol. The van der Waals surface area contributed by atoms with Gasteiger partial charge >= 0.3 is 0 Å². The molecule has 0 aliphatic rings. The maximum atomic E-state index is 12.7. The van der Waals surface area contributed by atoms with Gasteiger partial charge in [0.1, 0.15) is 11.9 Å². The van der Waals surface area contributed by atoms with Crippen LogP contribution in [0.15, 0.2) is 48.8 Å². The second kappa shape index (κ2) is 10.5. The van der Waals surface area contributed by atoms with Gasteiger partial charge in [0, 0.05) is 18.0 Å². The molecule has 32 heavy (non-hydrogen) atoms. The Kier molecular flexibility index (Phi) is 9.31. The molecule has 1 aromatic carbocycles. The van der Waals surface area contributed by atoms with Crippen molar-refractivity contribution in [1.82, 2.24) is 4.98 Å². The van der Waals surface area contributed by atoms with Crippen LogP contribution in [-0.2, 0) is 4.12 Å². The second-order valence-corrected chi connectivity index (χ2v) is 21.0. The molecule has 0 spiro atoms. The third-order valence-electron chi connectivity index (χ3n) is 6.52. The van der Waals surface area contributed by atoms with E-state index < -0.39 is 34.3 Å². The third-order valence-corrected chi connectivity index (χ3v) is 17.8. The highest BCUT2D eigenvalue weighted by molar-refractivity contribution is 6.87. The van der Waals surface area contributed by atoms with Gasteiger partial charge in [0.25, 0.3) is 0 Å². The van der Waals surface area contributed by atoms with Crippen molar-refractivity contribution in [3.8, 4) is 0 Å². The highest BCUT2D eigenvalue weighted by atomic mass is 28.4. The molecule has 1 unspecified atom stereocenters. The van der Waals surface area contributed by atoms with Crippen LogP contribution in [-0.4, -0.2) is 32.5 Å². The molecule has 1 atom stereocenters. The van der Waals surface area contributed by atoms with Crippen LogP contribution in [0.5, 0.6) is 0 Å². The molecule has 0 bridgehead atoms. The van der Waals surface area contributed by atoms with Crippen molar-refractivity contribution < 1.29 is 18.4 Å². The lowest BCUT2D eigenvalue weighted by atomic mass is 10.0. The number of carbonyl (C=O) groups excluding carboxylic acids is 1. The number of nitrogens with zero attached hydrogens (tertiary/aromatic N) is 1. The van der Waals surface area contributed by atoms with Crippen LogP contribution in [0, 0.1) is 5.82 Å². The number of hydrogen-bond acceptors (Lipinski definition) is 4. The topological polar surface area (TPSA) is 59.4 Å². The van der Waals surface area contributed by atoms with Crippen molar-refractivity contribution in [2.24, 2.45) is 0 Å². The van der Waals surface area contributed by atoms with Gasteiger partial charge in [-0.2, -0.15) is 0 Å². The van der Waals surface area contributed by atoms with Crippen LogP contribution in [0.4, 0.5) is 4.39 Å². The largest absolute Gasteiger partial charge is 0.455 e. The molecule has 178 valence electrons. The van der Waals surface area contributed by atoms with Gasteiger partial charge in [-0.15, -0.1) is 0 Å². The van der Waals surface area contributed by atoms with Crippen molar-refractivity contribution in [2.45, 2.75) is 83.9 Å². The highest BCUT2D eigenvalue weighted by Crippen LogP contribution is 2.44. The average molecular weight is 478 g/mol. The van der Waals surface area contributed by atoms with Gasteiger partial charge in [-0.25, -0.2) is 4.39 Å². The zero-order valence-electron chi connectivity index (χ0n) is 21.3. The predicted octanol–water partition coefficient (Wildman–Crippen LogP) is 7.15. The number of halogens is 1. The number of pyridine rings is 1. The normalized spacial score (nSPS) is 13.8. The van der Waals surface area contributed by atoms with E-state index in [1.807, 2.05) is 0 Å². The van der Waals surface area contributed by atoms with Gasteiger partial charge < -0.3 is 9.22 Å². The monoisotopic (exact) mass is 477 g/mol. The minimum absolute atomic E-state index is 0.274. The summed E-state index contributed by atoms with van der Waals surface area (Å²) in [6.07, 6.45) is 1.75. The van der Waals surface area contributed by atoms with Crippen LogP contribution in [0.1, 0.15) is 63.6 Å². The lowest BCUT2D eigenvalue weighted by molar-refractivity contribution is 0.0747. The quantitative estimate of drug-likeness (QED) is 0.367. The third kappa shape index (κ3) is 7.72. The molecule has 7 heteroatoms. The van der Waals surface area contributed by atoms with Gasteiger partial charge in [-0.3, -0.25) is 9.78 Å². The number of rotatable bonds is 5. The first-order chi connectivity index (χ1) is 14.4. The maximum Gasteiger partial charge on any atom is 0.195 e. The molecule has 0 saturated heterocycles. The first-order valence-corrected chi connectivity index (χ1v) is 16.8. The summed E-state index contributed by atoms with van der Waals surface area (Å²) >= 11 is 0. The number of hydrogen-bond donors (Lipinski definition) is 1. The average Bonchev–Trinajstić information content (AvgIpc) is 2.66. The molecule has 0 saturated carbocycles. The molecule has 1 aromatic heterocycles. The fourth-order valence-corrected chi connectivity index (χ4v) is 9.97. The molecule has 0 fully saturated rings. The smallest absolute Gasteiger partial charge is 0.195 e. The Morgan fingerprint density at radius 1 is 0.875 bits per heavy atom. The minimum Gasteiger partial charge on any atom is -0.455 e. The first kappa shape index (κ1) is 28.4. The van der Waals surface area contributed by atoms with Crippen LogP contribution < -0.4 is 0 Å². The standard InChI is InChI=1S/C13H10FNO2.C12H30OSi2/c14-11-3-1-9(2-4-11)12(16)13(17)10-5-7-15-8-6-10;1-11(2,3)14(7,8)13-15(9,10)12(4,5)6/h1-8,13,17H;1-10H3. The van der Waals surface area contributed by atoms with Gasteiger partial charge in [0.2, 0.25) is 0 Å². The summed E-state index contributed by atoms with van der Waals surface area (Å²) in [7, 11) is -3.18. The predicted molar refractivity (Wildman–Crippen MR) is 135 cm³/mol. The van der Waals surface area contributed by atoms with E-state index in [2.05, 4.69) is 72.7 Å². The Balaban J connectivity index is 0.000000324. The molecule has 4 nitrogen and oxygen atoms in total. The molecule has 1 heterocycles. The minimum atomic E-state index is -1.59. The van der Waals surface area contributed by atoms with E-state index in [4.69, 9.17) is 4.12 Å². The molecule has 2 aromatic rings. The van der Waals surface area contributed by atoms with Crippen molar-refractivity contribution in [2.75, 3.05) is 0 Å². The van der Waals surface area contributed by atoms with E-state index in [-0.39, 0.29) is 5.56 Å². The number of benzene rings is 1. The number of aromatic nitrogens is 1. The summed E-state index contributed by atoms with van der Waals surface area (Å²) in [6.45, 7) is 23.3. The number of aliphatic hydroxyl groups excluding tert-OH is 1. The van der Waals surface area contributed by atoms with Crippen LogP contribution in [0.3, 0.4) is 0 Å². The van der Waals surface area contributed by atoms with Crippen molar-refractivity contribution in [1.29, 1.82) is 0 Å². The van der Waals surface area contributed by atoms with Crippen molar-refractivity contribution >= 4 is 22.4 Å². The summed E-state index contributed by atoms with van der Waals surface area (Å²) in [4.78, 5) is 15.7. The van der Waals surface area contributed by atoms with Crippen molar-refractivity contribution in [3.63, 3.8) is 0 Å². The number of Topliss-reactive ketones (excluding diaryl/α,β-unsaturated/α-hetero) is 1. The van der Waals surface area contributed by atoms with E-state index in [9.17, 15) is 14.3 Å². The van der Waals surface area contributed by atoms with Gasteiger partial charge in [0.15, 0.2) is 22.4 Å². The molecule has 1 N–H and O–H groups in total. The Labute approximate surface area is 195 Å². The summed E-state index contributed by atoms with van der Waals surface area (Å²) in [5, 5.41) is 10.5. The number of carbonyl (C=O) groups is 1. The van der Waals surface area contributed by atoms with Crippen LogP contribution >= 0.6 is 0 Å². The Bertz CT molecular complexity index is 847. The van der Waals surface area contributed by atoms with E-state index in [1.54, 1.807) is 12.1 Å². The van der Waals surface area contributed by atoms with Gasteiger partial charge in [-0.1, -0.05) is 41.5 Å². The molecule has 0 aliphatic carbocycles. The second-order valence-electron chi connectivity index (χ2n) is 11.2. The van der Waals surface area contributed by atoms with Gasteiger partial charge in [0.05, 0.1) is 0 Å². The van der Waals surface area contributed by atoms with Crippen LogP contribution in [0.2, 0.25) is 36.3 Å². The fourth-order valence-electron chi connectivity index (χ4n) is 2.41. The first-order valence-electron chi connectivity index (χ1n) is 11.0. The summed E-state index contributed by atoms with van der Waals surface area (Å²) in [5.41, 5.74) is 0.741. The summed E-state index contributed by atoms with van der Waals surface area (Å²) < 4.78 is 19.3. The number of aliphatic hydroxyl groups is 1. The summed E-state index contributed by atoms with van der Waals surface area (Å²) in [6, 6.07) is 8.20. The molecular formula is C25H40FNO3Si2. The van der Waals surface area contributed by atoms with E-state index in [0.717, 1.165) is 0 Å². The van der Waals surface area contributed by atoms with E-state index in [0.29, 0.717) is 15.6 Å². The molecule has 0 aliphatic heterocycles. The molecule has 0 amide bonds. The maximum absolute atomic E-state index is 12.7. The van der Waals surface area contributed by atoms with E-state index >= 15 is 0 Å². The Hall–Kier alpha value is -1.68. The van der Waals surface area contributed by atoms with Gasteiger partial charge in [-0.05, 0) is 78.2 Å². The fraction of sp³-hybridized carbons (Fsp3) is 0.520. The van der Waals surface area contributed by atoms with Crippen LogP contribution in [0.25, 0.3) is 0 Å². The Morgan fingerprint density at radius 3 is 1.66 bits per heavy atom. The zero-order valence-corrected chi connectivity index (χ0v) is 23.3. The lowest BCUT2D eigenvalue weighted by Crippen LogP contribution is -2.53.